The highest BCUT2D eigenvalue weighted by atomic mass is 15.5. The van der Waals surface area contributed by atoms with Crippen LogP contribution in [-0.2, 0) is 6.54 Å². The van der Waals surface area contributed by atoms with Gasteiger partial charge in [-0.2, -0.15) is 0 Å². The molecule has 1 heterocycles. The number of hydrogen-bond acceptors (Lipinski definition) is 4. The number of rotatable bonds is 12. The topological polar surface area (TPSA) is 39.3 Å². The minimum absolute atomic E-state index is 0.253. The first-order chi connectivity index (χ1) is 30.7. The van der Waals surface area contributed by atoms with Gasteiger partial charge in [-0.25, -0.2) is 5.01 Å². The minimum Gasteiger partial charge on any atom is -0.362 e. The molecule has 0 spiro atoms. The maximum absolute atomic E-state index is 3.97. The van der Waals surface area contributed by atoms with Gasteiger partial charge >= 0.3 is 0 Å². The average molecular weight is 815 g/mol. The summed E-state index contributed by atoms with van der Waals surface area (Å²) >= 11 is 0. The number of nitrogens with one attached hydrogen (secondary N) is 3. The van der Waals surface area contributed by atoms with E-state index in [1.165, 1.54) is 116 Å². The summed E-state index contributed by atoms with van der Waals surface area (Å²) < 4.78 is 0. The summed E-state index contributed by atoms with van der Waals surface area (Å²) in [5.41, 5.74) is 23.8. The fraction of sp³-hybridized carbons (Fsp3) is 0.310. The quantitative estimate of drug-likeness (QED) is 0.159. The van der Waals surface area contributed by atoms with Crippen molar-refractivity contribution in [3.05, 3.63) is 208 Å². The van der Waals surface area contributed by atoms with Crippen molar-refractivity contribution in [2.45, 2.75) is 109 Å². The van der Waals surface area contributed by atoms with E-state index < -0.39 is 0 Å². The molecule has 4 nitrogen and oxygen atoms in total. The van der Waals surface area contributed by atoms with Gasteiger partial charge in [-0.1, -0.05) is 121 Å². The molecule has 3 aromatic carbocycles. The van der Waals surface area contributed by atoms with Crippen molar-refractivity contribution >= 4 is 16.7 Å². The molecule has 10 rings (SSSR count). The first-order valence-corrected chi connectivity index (χ1v) is 23.7. The molecule has 2 atom stereocenters. The summed E-state index contributed by atoms with van der Waals surface area (Å²) in [5, 5.41) is 10.3. The maximum Gasteiger partial charge on any atom is 0.0741 e. The summed E-state index contributed by atoms with van der Waals surface area (Å²) in [6, 6.07) is 27.7. The van der Waals surface area contributed by atoms with Gasteiger partial charge in [-0.3, -0.25) is 0 Å². The zero-order valence-electron chi connectivity index (χ0n) is 36.3. The van der Waals surface area contributed by atoms with Gasteiger partial charge in [0.2, 0.25) is 0 Å². The van der Waals surface area contributed by atoms with Crippen LogP contribution in [0.3, 0.4) is 0 Å². The van der Waals surface area contributed by atoms with Crippen molar-refractivity contribution in [2.24, 2.45) is 5.92 Å². The lowest BCUT2D eigenvalue weighted by Crippen LogP contribution is -2.39. The summed E-state index contributed by atoms with van der Waals surface area (Å²) in [6.45, 7) is 0.844. The van der Waals surface area contributed by atoms with E-state index in [0.29, 0.717) is 5.92 Å². The molecular formula is C58H62N4. The Bertz CT molecular complexity index is 2520. The highest BCUT2D eigenvalue weighted by Gasteiger charge is 2.31. The summed E-state index contributed by atoms with van der Waals surface area (Å²) in [5.74, 6) is 0.574. The predicted molar refractivity (Wildman–Crippen MR) is 261 cm³/mol. The van der Waals surface area contributed by atoms with Crippen LogP contribution in [0, 0.1) is 5.92 Å². The van der Waals surface area contributed by atoms with Gasteiger partial charge in [-0.05, 0) is 177 Å². The minimum atomic E-state index is 0.253. The van der Waals surface area contributed by atoms with E-state index >= 15 is 0 Å². The fourth-order valence-electron chi connectivity index (χ4n) is 10.4. The van der Waals surface area contributed by atoms with E-state index in [4.69, 9.17) is 0 Å². The predicted octanol–water partition coefficient (Wildman–Crippen LogP) is 14.1. The molecule has 0 aromatic heterocycles. The third kappa shape index (κ3) is 9.17. The monoisotopic (exact) mass is 814 g/mol. The average Bonchev–Trinajstić information content (AvgIpc) is 3.76. The Morgan fingerprint density at radius 2 is 1.47 bits per heavy atom. The lowest BCUT2D eigenvalue weighted by molar-refractivity contribution is 0.198. The molecule has 62 heavy (non-hydrogen) atoms. The molecule has 0 fully saturated rings. The SMILES string of the molecule is C1=CC(C2C=C(C3CC=CCC3)NN2Cc2cccc(-c3cccc(C4=C(NC5=CC(c6ccccc6C6=C(NC7=CCCCC7)CCC=C6)=CCC5)C=CCC4)c3)c2)=CCC1. The van der Waals surface area contributed by atoms with Gasteiger partial charge in [0.1, 0.15) is 0 Å². The van der Waals surface area contributed by atoms with E-state index in [1.807, 2.05) is 0 Å². The third-order valence-electron chi connectivity index (χ3n) is 13.7. The van der Waals surface area contributed by atoms with Gasteiger partial charge in [0, 0.05) is 46.5 Å². The maximum atomic E-state index is 3.97. The zero-order valence-corrected chi connectivity index (χ0v) is 36.3. The highest BCUT2D eigenvalue weighted by Crippen LogP contribution is 2.38. The van der Waals surface area contributed by atoms with Crippen LogP contribution in [0.4, 0.5) is 0 Å². The van der Waals surface area contributed by atoms with E-state index in [0.717, 1.165) is 70.8 Å². The molecule has 0 radical (unpaired) electrons. The van der Waals surface area contributed by atoms with Gasteiger partial charge in [-0.15, -0.1) is 0 Å². The van der Waals surface area contributed by atoms with Crippen LogP contribution in [0.25, 0.3) is 27.8 Å². The second kappa shape index (κ2) is 19.1. The van der Waals surface area contributed by atoms with E-state index in [2.05, 4.69) is 173 Å². The molecule has 0 amide bonds. The number of nitrogens with zero attached hydrogens (tertiary/aromatic N) is 1. The summed E-state index contributed by atoms with van der Waals surface area (Å²) in [7, 11) is 0. The van der Waals surface area contributed by atoms with Crippen molar-refractivity contribution < 1.29 is 0 Å². The molecule has 0 saturated carbocycles. The number of hydrazine groups is 1. The van der Waals surface area contributed by atoms with Crippen LogP contribution in [0.15, 0.2) is 186 Å². The summed E-state index contributed by atoms with van der Waals surface area (Å²) in [4.78, 5) is 0. The van der Waals surface area contributed by atoms with Gasteiger partial charge in [0.25, 0.3) is 0 Å². The van der Waals surface area contributed by atoms with E-state index in [1.54, 1.807) is 0 Å². The molecule has 6 aliphatic carbocycles. The normalized spacial score (nSPS) is 22.7. The fourth-order valence-corrected chi connectivity index (χ4v) is 10.4. The Balaban J connectivity index is 0.884. The molecule has 0 bridgehead atoms. The van der Waals surface area contributed by atoms with Crippen LogP contribution in [0.1, 0.15) is 119 Å². The largest absolute Gasteiger partial charge is 0.362 e. The molecule has 3 aromatic rings. The van der Waals surface area contributed by atoms with Crippen LogP contribution < -0.4 is 16.1 Å². The van der Waals surface area contributed by atoms with Crippen LogP contribution in [-0.4, -0.2) is 11.1 Å². The Kier molecular flexibility index (Phi) is 12.4. The van der Waals surface area contributed by atoms with Crippen molar-refractivity contribution in [3.8, 4) is 11.1 Å². The highest BCUT2D eigenvalue weighted by molar-refractivity contribution is 5.89. The van der Waals surface area contributed by atoms with Crippen molar-refractivity contribution in [2.75, 3.05) is 0 Å². The van der Waals surface area contributed by atoms with Crippen LogP contribution in [0.5, 0.6) is 0 Å². The molecule has 7 aliphatic rings. The Morgan fingerprint density at radius 3 is 2.34 bits per heavy atom. The molecule has 1 aliphatic heterocycles. The second-order valence-corrected chi connectivity index (χ2v) is 18.1. The van der Waals surface area contributed by atoms with Gasteiger partial charge in [0.15, 0.2) is 0 Å². The zero-order chi connectivity index (χ0) is 41.5. The first-order valence-electron chi connectivity index (χ1n) is 23.7. The summed E-state index contributed by atoms with van der Waals surface area (Å²) in [6.07, 6.45) is 47.9. The van der Waals surface area contributed by atoms with Crippen molar-refractivity contribution in [3.63, 3.8) is 0 Å². The number of benzene rings is 3. The molecule has 2 unspecified atom stereocenters. The first kappa shape index (κ1) is 40.2. The number of allylic oxidation sites excluding steroid dienone is 18. The Morgan fingerprint density at radius 1 is 0.613 bits per heavy atom. The third-order valence-corrected chi connectivity index (χ3v) is 13.7. The molecule has 314 valence electrons. The molecule has 4 heteroatoms. The Hall–Kier alpha value is -5.84. The molecular weight excluding hydrogens is 753 g/mol. The van der Waals surface area contributed by atoms with Crippen molar-refractivity contribution in [1.82, 2.24) is 21.1 Å². The van der Waals surface area contributed by atoms with Gasteiger partial charge in [0.05, 0.1) is 6.04 Å². The van der Waals surface area contributed by atoms with Crippen LogP contribution in [0.2, 0.25) is 0 Å². The lowest BCUT2D eigenvalue weighted by atomic mass is 9.87. The Labute approximate surface area is 370 Å². The van der Waals surface area contributed by atoms with Crippen molar-refractivity contribution in [1.29, 1.82) is 0 Å². The number of hydrogen-bond donors (Lipinski definition) is 3. The van der Waals surface area contributed by atoms with Crippen LogP contribution >= 0.6 is 0 Å². The molecule has 3 N–H and O–H groups in total. The second-order valence-electron chi connectivity index (χ2n) is 18.1. The van der Waals surface area contributed by atoms with E-state index in [-0.39, 0.29) is 6.04 Å². The van der Waals surface area contributed by atoms with Gasteiger partial charge < -0.3 is 16.1 Å². The lowest BCUT2D eigenvalue weighted by Gasteiger charge is -2.28. The molecule has 0 saturated heterocycles. The standard InChI is InChI=1S/C58H62N4/c1-4-20-43(21-5-1)57-40-58(44-22-6-2-7-23-44)62(61-57)41-42-19-16-24-45(37-42)46-25-17-26-47(38-46)52-32-12-14-35-55(52)60-50-30-18-27-48(39-50)51-31-10-11-33-53(51)54-34-13-15-36-56(54)59-49-28-8-3-9-29-49/h1,4,6,10-11,13-14,16-17,19,22-28,31,33-35,37-40,43,58-61H,2-3,5,7-9,12,15,18,20-21,29-30,32,36,41H2. The van der Waals surface area contributed by atoms with E-state index in [9.17, 15) is 0 Å². The smallest absolute Gasteiger partial charge is 0.0741 e.